The van der Waals surface area contributed by atoms with Gasteiger partial charge in [0.25, 0.3) is 0 Å². The molecule has 0 heterocycles. The minimum Gasteiger partial charge on any atom is -0.479 e. The Labute approximate surface area is 82.6 Å². The maximum absolute atomic E-state index is 11.4. The van der Waals surface area contributed by atoms with Gasteiger partial charge in [-0.3, -0.25) is 4.90 Å². The minimum atomic E-state index is -1.01. The first-order chi connectivity index (χ1) is 6.40. The quantitative estimate of drug-likeness (QED) is 0.742. The van der Waals surface area contributed by atoms with Gasteiger partial charge in [-0.1, -0.05) is 0 Å². The normalized spacial score (nSPS) is 17.7. The van der Waals surface area contributed by atoms with Gasteiger partial charge in [-0.15, -0.1) is 0 Å². The molecule has 1 rings (SSSR count). The van der Waals surface area contributed by atoms with E-state index in [0.717, 1.165) is 0 Å². The van der Waals surface area contributed by atoms with Crippen molar-refractivity contribution in [2.24, 2.45) is 0 Å². The first-order valence-electron chi connectivity index (χ1n) is 4.58. The Morgan fingerprint density at radius 3 is 2.21 bits per heavy atom. The van der Waals surface area contributed by atoms with Crippen molar-refractivity contribution in [1.29, 1.82) is 0 Å². The molecule has 0 aliphatic heterocycles. The SMILES string of the molecule is CC(C)OC(=O)N(C)C1(C(=O)O)CC1. The lowest BCUT2D eigenvalue weighted by Gasteiger charge is -2.24. The zero-order valence-electron chi connectivity index (χ0n) is 8.61. The van der Waals surface area contributed by atoms with Crippen LogP contribution in [-0.2, 0) is 9.53 Å². The van der Waals surface area contributed by atoms with E-state index in [-0.39, 0.29) is 6.10 Å². The first kappa shape index (κ1) is 10.8. The summed E-state index contributed by atoms with van der Waals surface area (Å²) in [4.78, 5) is 23.4. The Morgan fingerprint density at radius 1 is 1.43 bits per heavy atom. The molecule has 1 amide bonds. The maximum Gasteiger partial charge on any atom is 0.410 e. The van der Waals surface area contributed by atoms with E-state index < -0.39 is 17.6 Å². The number of nitrogens with zero attached hydrogens (tertiary/aromatic N) is 1. The summed E-state index contributed by atoms with van der Waals surface area (Å²) in [5, 5.41) is 8.91. The van der Waals surface area contributed by atoms with Gasteiger partial charge >= 0.3 is 12.1 Å². The van der Waals surface area contributed by atoms with E-state index in [1.165, 1.54) is 11.9 Å². The van der Waals surface area contributed by atoms with Crippen LogP contribution in [0.25, 0.3) is 0 Å². The van der Waals surface area contributed by atoms with Gasteiger partial charge in [0.2, 0.25) is 0 Å². The molecular formula is C9H15NO4. The molecule has 80 valence electrons. The highest BCUT2D eigenvalue weighted by atomic mass is 16.6. The predicted molar refractivity (Wildman–Crippen MR) is 49.0 cm³/mol. The van der Waals surface area contributed by atoms with Crippen molar-refractivity contribution in [3.8, 4) is 0 Å². The van der Waals surface area contributed by atoms with Gasteiger partial charge in [-0.2, -0.15) is 0 Å². The summed E-state index contributed by atoms with van der Waals surface area (Å²) in [7, 11) is 1.46. The average Bonchev–Trinajstić information content (AvgIpc) is 2.81. The number of carbonyl (C=O) groups excluding carboxylic acids is 1. The van der Waals surface area contributed by atoms with Crippen molar-refractivity contribution in [3.05, 3.63) is 0 Å². The molecule has 1 N–H and O–H groups in total. The van der Waals surface area contributed by atoms with E-state index in [2.05, 4.69) is 0 Å². The van der Waals surface area contributed by atoms with Crippen molar-refractivity contribution >= 4 is 12.1 Å². The standard InChI is InChI=1S/C9H15NO4/c1-6(2)14-8(13)10(3)9(4-5-9)7(11)12/h6H,4-5H2,1-3H3,(H,11,12). The molecule has 0 unspecified atom stereocenters. The number of hydrogen-bond acceptors (Lipinski definition) is 3. The van der Waals surface area contributed by atoms with Gasteiger partial charge in [-0.05, 0) is 26.7 Å². The van der Waals surface area contributed by atoms with Crippen LogP contribution in [0.3, 0.4) is 0 Å². The second-order valence-corrected chi connectivity index (χ2v) is 3.83. The molecule has 0 saturated heterocycles. The van der Waals surface area contributed by atoms with Crippen molar-refractivity contribution in [2.75, 3.05) is 7.05 Å². The van der Waals surface area contributed by atoms with Crippen molar-refractivity contribution in [3.63, 3.8) is 0 Å². The lowest BCUT2D eigenvalue weighted by atomic mass is 10.2. The second kappa shape index (κ2) is 3.48. The summed E-state index contributed by atoms with van der Waals surface area (Å²) in [6, 6.07) is 0. The number of hydrogen-bond donors (Lipinski definition) is 1. The zero-order chi connectivity index (χ0) is 10.9. The molecule has 0 radical (unpaired) electrons. The Balaban J connectivity index is 2.61. The van der Waals surface area contributed by atoms with Gasteiger partial charge < -0.3 is 9.84 Å². The highest BCUT2D eigenvalue weighted by molar-refractivity contribution is 5.87. The van der Waals surface area contributed by atoms with Gasteiger partial charge in [0.1, 0.15) is 5.54 Å². The summed E-state index contributed by atoms with van der Waals surface area (Å²) in [6.07, 6.45) is 0.215. The Kier molecular flexibility index (Phi) is 2.69. The topological polar surface area (TPSA) is 66.8 Å². The third-order valence-corrected chi connectivity index (χ3v) is 2.37. The third-order valence-electron chi connectivity index (χ3n) is 2.37. The van der Waals surface area contributed by atoms with Crippen LogP contribution in [0.1, 0.15) is 26.7 Å². The van der Waals surface area contributed by atoms with Gasteiger partial charge in [0.05, 0.1) is 6.10 Å². The fourth-order valence-electron chi connectivity index (χ4n) is 1.27. The summed E-state index contributed by atoms with van der Waals surface area (Å²) in [5.74, 6) is -0.958. The van der Waals surface area contributed by atoms with E-state index in [0.29, 0.717) is 12.8 Å². The molecule has 5 heteroatoms. The van der Waals surface area contributed by atoms with Crippen LogP contribution in [0.2, 0.25) is 0 Å². The molecule has 0 bridgehead atoms. The molecular weight excluding hydrogens is 186 g/mol. The van der Waals surface area contributed by atoms with E-state index in [1.54, 1.807) is 13.8 Å². The predicted octanol–water partition coefficient (Wildman–Crippen LogP) is 1.08. The van der Waals surface area contributed by atoms with E-state index in [4.69, 9.17) is 9.84 Å². The number of carboxylic acids is 1. The highest BCUT2D eigenvalue weighted by Crippen LogP contribution is 2.41. The summed E-state index contributed by atoms with van der Waals surface area (Å²) in [6.45, 7) is 3.46. The second-order valence-electron chi connectivity index (χ2n) is 3.83. The van der Waals surface area contributed by atoms with Crippen LogP contribution in [0, 0.1) is 0 Å². The molecule has 0 aromatic carbocycles. The fourth-order valence-corrected chi connectivity index (χ4v) is 1.27. The van der Waals surface area contributed by atoms with Crippen LogP contribution in [0.15, 0.2) is 0 Å². The van der Waals surface area contributed by atoms with Crippen LogP contribution in [0.4, 0.5) is 4.79 Å². The Morgan fingerprint density at radius 2 is 1.93 bits per heavy atom. The number of amides is 1. The van der Waals surface area contributed by atoms with E-state index in [1.807, 2.05) is 0 Å². The number of aliphatic carboxylic acids is 1. The lowest BCUT2D eigenvalue weighted by Crippen LogP contribution is -2.45. The molecule has 14 heavy (non-hydrogen) atoms. The van der Waals surface area contributed by atoms with Crippen LogP contribution < -0.4 is 0 Å². The number of ether oxygens (including phenoxy) is 1. The van der Waals surface area contributed by atoms with Crippen LogP contribution in [0.5, 0.6) is 0 Å². The number of carbonyl (C=O) groups is 2. The lowest BCUT2D eigenvalue weighted by molar-refractivity contribution is -0.144. The smallest absolute Gasteiger partial charge is 0.410 e. The van der Waals surface area contributed by atoms with E-state index in [9.17, 15) is 9.59 Å². The van der Waals surface area contributed by atoms with Crippen molar-refractivity contribution in [2.45, 2.75) is 38.3 Å². The number of carboxylic acid groups (broad SMARTS) is 1. The summed E-state index contributed by atoms with van der Waals surface area (Å²) >= 11 is 0. The molecule has 0 aromatic heterocycles. The van der Waals surface area contributed by atoms with Crippen LogP contribution >= 0.6 is 0 Å². The maximum atomic E-state index is 11.4. The molecule has 0 atom stereocenters. The first-order valence-corrected chi connectivity index (χ1v) is 4.58. The van der Waals surface area contributed by atoms with Gasteiger partial charge in [-0.25, -0.2) is 9.59 Å². The summed E-state index contributed by atoms with van der Waals surface area (Å²) < 4.78 is 4.91. The fraction of sp³-hybridized carbons (Fsp3) is 0.778. The monoisotopic (exact) mass is 201 g/mol. The summed E-state index contributed by atoms with van der Waals surface area (Å²) in [5.41, 5.74) is -1.01. The van der Waals surface area contributed by atoms with Gasteiger partial charge in [0, 0.05) is 7.05 Å². The molecule has 0 aromatic rings. The molecule has 5 nitrogen and oxygen atoms in total. The minimum absolute atomic E-state index is 0.227. The highest BCUT2D eigenvalue weighted by Gasteiger charge is 2.56. The van der Waals surface area contributed by atoms with Crippen molar-refractivity contribution in [1.82, 2.24) is 4.90 Å². The van der Waals surface area contributed by atoms with Crippen LogP contribution in [-0.4, -0.2) is 40.8 Å². The van der Waals surface area contributed by atoms with Crippen molar-refractivity contribution < 1.29 is 19.4 Å². The molecule has 1 aliphatic rings. The Hall–Kier alpha value is -1.26. The zero-order valence-corrected chi connectivity index (χ0v) is 8.61. The largest absolute Gasteiger partial charge is 0.479 e. The van der Waals surface area contributed by atoms with E-state index >= 15 is 0 Å². The third kappa shape index (κ3) is 1.81. The molecule has 1 fully saturated rings. The number of rotatable bonds is 3. The number of likely N-dealkylation sites (N-methyl/N-ethyl adjacent to an activating group) is 1. The Bertz CT molecular complexity index is 258. The average molecular weight is 201 g/mol. The molecule has 1 aliphatic carbocycles. The molecule has 1 saturated carbocycles. The molecule has 0 spiro atoms. The van der Waals surface area contributed by atoms with Gasteiger partial charge in [0.15, 0.2) is 0 Å².